The minimum absolute atomic E-state index is 0.0208. The molecule has 1 unspecified atom stereocenters. The summed E-state index contributed by atoms with van der Waals surface area (Å²) in [6.07, 6.45) is 0. The zero-order chi connectivity index (χ0) is 17.2. The van der Waals surface area contributed by atoms with Crippen LogP contribution >= 0.6 is 0 Å². The highest BCUT2D eigenvalue weighted by molar-refractivity contribution is 7.89. The first kappa shape index (κ1) is 16.6. The van der Waals surface area contributed by atoms with E-state index in [2.05, 4.69) is 4.72 Å². The molecule has 1 N–H and O–H groups in total. The minimum Gasteiger partial charge on any atom is -0.497 e. The summed E-state index contributed by atoms with van der Waals surface area (Å²) >= 11 is 0. The van der Waals surface area contributed by atoms with E-state index >= 15 is 0 Å². The van der Waals surface area contributed by atoms with E-state index in [9.17, 15) is 8.42 Å². The molecule has 128 valence electrons. The standard InChI is InChI=1S/C17H19NO5S/c1-21-13-7-8-16(22-2)17(9-13)24(19,20)18-10-12-11-23-15-6-4-3-5-14(12)15/h3-9,12,18H,10-11H2,1-2H3. The van der Waals surface area contributed by atoms with Crippen LogP contribution in [-0.2, 0) is 10.0 Å². The van der Waals surface area contributed by atoms with Crippen molar-refractivity contribution in [2.24, 2.45) is 0 Å². The average Bonchev–Trinajstić information content (AvgIpc) is 3.02. The van der Waals surface area contributed by atoms with Crippen LogP contribution in [0.25, 0.3) is 0 Å². The lowest BCUT2D eigenvalue weighted by molar-refractivity contribution is 0.330. The fourth-order valence-electron chi connectivity index (χ4n) is 2.68. The Labute approximate surface area is 141 Å². The van der Waals surface area contributed by atoms with Crippen molar-refractivity contribution in [1.29, 1.82) is 0 Å². The first-order chi connectivity index (χ1) is 11.5. The molecule has 0 saturated carbocycles. The van der Waals surface area contributed by atoms with Crippen molar-refractivity contribution in [3.8, 4) is 17.2 Å². The summed E-state index contributed by atoms with van der Waals surface area (Å²) in [5, 5.41) is 0. The van der Waals surface area contributed by atoms with Gasteiger partial charge in [-0.3, -0.25) is 0 Å². The Morgan fingerprint density at radius 2 is 1.96 bits per heavy atom. The number of nitrogens with one attached hydrogen (secondary N) is 1. The predicted octanol–water partition coefficient (Wildman–Crippen LogP) is 2.16. The molecule has 0 radical (unpaired) electrons. The largest absolute Gasteiger partial charge is 0.497 e. The van der Waals surface area contributed by atoms with Gasteiger partial charge in [-0.25, -0.2) is 13.1 Å². The molecule has 1 aliphatic rings. The third kappa shape index (κ3) is 3.18. The molecule has 3 rings (SSSR count). The summed E-state index contributed by atoms with van der Waals surface area (Å²) < 4.78 is 43.8. The Morgan fingerprint density at radius 3 is 2.71 bits per heavy atom. The molecule has 2 aromatic carbocycles. The van der Waals surface area contributed by atoms with Gasteiger partial charge in [-0.05, 0) is 18.2 Å². The molecule has 0 saturated heterocycles. The Morgan fingerprint density at radius 1 is 1.17 bits per heavy atom. The van der Waals surface area contributed by atoms with Gasteiger partial charge in [0.1, 0.15) is 22.1 Å². The number of sulfonamides is 1. The molecular weight excluding hydrogens is 330 g/mol. The molecule has 0 bridgehead atoms. The number of methoxy groups -OCH3 is 2. The van der Waals surface area contributed by atoms with E-state index in [1.165, 1.54) is 20.3 Å². The van der Waals surface area contributed by atoms with Gasteiger partial charge in [-0.15, -0.1) is 0 Å². The second-order valence-corrected chi connectivity index (χ2v) is 7.15. The lowest BCUT2D eigenvalue weighted by atomic mass is 10.0. The Hall–Kier alpha value is -2.25. The zero-order valence-corrected chi connectivity index (χ0v) is 14.3. The number of hydrogen-bond donors (Lipinski definition) is 1. The summed E-state index contributed by atoms with van der Waals surface area (Å²) in [7, 11) is -0.819. The number of fused-ring (bicyclic) bond motifs is 1. The highest BCUT2D eigenvalue weighted by Gasteiger charge is 2.27. The van der Waals surface area contributed by atoms with Gasteiger partial charge < -0.3 is 14.2 Å². The van der Waals surface area contributed by atoms with Crippen LogP contribution in [0, 0.1) is 0 Å². The van der Waals surface area contributed by atoms with Crippen LogP contribution in [0.3, 0.4) is 0 Å². The van der Waals surface area contributed by atoms with Crippen molar-refractivity contribution >= 4 is 10.0 Å². The lowest BCUT2D eigenvalue weighted by Gasteiger charge is -2.14. The molecule has 0 aliphatic carbocycles. The highest BCUT2D eigenvalue weighted by atomic mass is 32.2. The molecule has 6 nitrogen and oxygen atoms in total. The molecule has 24 heavy (non-hydrogen) atoms. The molecule has 2 aromatic rings. The molecule has 0 fully saturated rings. The predicted molar refractivity (Wildman–Crippen MR) is 89.4 cm³/mol. The minimum atomic E-state index is -3.74. The van der Waals surface area contributed by atoms with E-state index in [4.69, 9.17) is 14.2 Å². The molecule has 0 aromatic heterocycles. The fourth-order valence-corrected chi connectivity index (χ4v) is 3.94. The van der Waals surface area contributed by atoms with E-state index in [-0.39, 0.29) is 23.1 Å². The van der Waals surface area contributed by atoms with Crippen LogP contribution in [0.4, 0.5) is 0 Å². The number of para-hydroxylation sites is 1. The van der Waals surface area contributed by atoms with E-state index in [1.807, 2.05) is 24.3 Å². The van der Waals surface area contributed by atoms with Crippen LogP contribution in [0.2, 0.25) is 0 Å². The van der Waals surface area contributed by atoms with Gasteiger partial charge in [-0.1, -0.05) is 18.2 Å². The van der Waals surface area contributed by atoms with Crippen LogP contribution < -0.4 is 18.9 Å². The Kier molecular flexibility index (Phi) is 4.64. The molecular formula is C17H19NO5S. The van der Waals surface area contributed by atoms with Crippen molar-refractivity contribution in [2.45, 2.75) is 10.8 Å². The first-order valence-corrected chi connectivity index (χ1v) is 8.97. The molecule has 7 heteroatoms. The van der Waals surface area contributed by atoms with Crippen molar-refractivity contribution in [3.63, 3.8) is 0 Å². The monoisotopic (exact) mass is 349 g/mol. The van der Waals surface area contributed by atoms with E-state index in [0.29, 0.717) is 12.4 Å². The van der Waals surface area contributed by atoms with Crippen molar-refractivity contribution in [1.82, 2.24) is 4.72 Å². The maximum absolute atomic E-state index is 12.7. The van der Waals surface area contributed by atoms with Gasteiger partial charge in [-0.2, -0.15) is 0 Å². The number of ether oxygens (including phenoxy) is 3. The normalized spacial score (nSPS) is 16.3. The fraction of sp³-hybridized carbons (Fsp3) is 0.294. The second-order valence-electron chi connectivity index (χ2n) is 5.41. The quantitative estimate of drug-likeness (QED) is 0.865. The van der Waals surface area contributed by atoms with Gasteiger partial charge in [0.2, 0.25) is 10.0 Å². The van der Waals surface area contributed by atoms with Crippen LogP contribution in [0.5, 0.6) is 17.2 Å². The van der Waals surface area contributed by atoms with Gasteiger partial charge >= 0.3 is 0 Å². The van der Waals surface area contributed by atoms with Crippen LogP contribution in [0.1, 0.15) is 11.5 Å². The topological polar surface area (TPSA) is 73.9 Å². The molecule has 1 aliphatic heterocycles. The first-order valence-electron chi connectivity index (χ1n) is 7.48. The Bertz CT molecular complexity index is 835. The third-order valence-electron chi connectivity index (χ3n) is 3.98. The highest BCUT2D eigenvalue weighted by Crippen LogP contribution is 2.33. The van der Waals surface area contributed by atoms with Gasteiger partial charge in [0, 0.05) is 24.1 Å². The molecule has 1 heterocycles. The summed E-state index contributed by atoms with van der Waals surface area (Å²) in [6.45, 7) is 0.705. The summed E-state index contributed by atoms with van der Waals surface area (Å²) in [5.74, 6) is 1.50. The molecule has 1 atom stereocenters. The lowest BCUT2D eigenvalue weighted by Crippen LogP contribution is -2.29. The Balaban J connectivity index is 1.80. The van der Waals surface area contributed by atoms with Crippen molar-refractivity contribution in [2.75, 3.05) is 27.4 Å². The summed E-state index contributed by atoms with van der Waals surface area (Å²) in [4.78, 5) is 0.0524. The zero-order valence-electron chi connectivity index (χ0n) is 13.5. The summed E-state index contributed by atoms with van der Waals surface area (Å²) in [5.41, 5.74) is 1.01. The SMILES string of the molecule is COc1ccc(OC)c(S(=O)(=O)NCC2COc3ccccc32)c1. The van der Waals surface area contributed by atoms with E-state index in [1.54, 1.807) is 12.1 Å². The number of hydrogen-bond acceptors (Lipinski definition) is 5. The van der Waals surface area contributed by atoms with Gasteiger partial charge in [0.05, 0.1) is 20.8 Å². The maximum atomic E-state index is 12.7. The van der Waals surface area contributed by atoms with Gasteiger partial charge in [0.25, 0.3) is 0 Å². The molecule has 0 amide bonds. The van der Waals surface area contributed by atoms with Crippen molar-refractivity contribution in [3.05, 3.63) is 48.0 Å². The number of benzene rings is 2. The van der Waals surface area contributed by atoms with Gasteiger partial charge in [0.15, 0.2) is 0 Å². The number of rotatable bonds is 6. The maximum Gasteiger partial charge on any atom is 0.244 e. The smallest absolute Gasteiger partial charge is 0.244 e. The van der Waals surface area contributed by atoms with Crippen LogP contribution in [-0.4, -0.2) is 35.8 Å². The average molecular weight is 349 g/mol. The molecule has 0 spiro atoms. The van der Waals surface area contributed by atoms with Crippen LogP contribution in [0.15, 0.2) is 47.4 Å². The summed E-state index contributed by atoms with van der Waals surface area (Å²) in [6, 6.07) is 12.3. The van der Waals surface area contributed by atoms with E-state index < -0.39 is 10.0 Å². The van der Waals surface area contributed by atoms with Crippen molar-refractivity contribution < 1.29 is 22.6 Å². The van der Waals surface area contributed by atoms with E-state index in [0.717, 1.165) is 11.3 Å². The second kappa shape index (κ2) is 6.70. The third-order valence-corrected chi connectivity index (χ3v) is 5.42.